The van der Waals surface area contributed by atoms with Crippen molar-refractivity contribution in [3.05, 3.63) is 0 Å². The maximum absolute atomic E-state index is 8.36. The standard InChI is InChI=1S/C6H13N.CH2O2/c1-7-5-6-3-2-4-6;2-1-3/h6-7H,2-5H2,1H3;1H,(H,2,3). The minimum absolute atomic E-state index is 0.250. The average molecular weight is 145 g/mol. The van der Waals surface area contributed by atoms with Crippen molar-refractivity contribution in [3.8, 4) is 0 Å². The molecule has 60 valence electrons. The normalized spacial score (nSPS) is 16.5. The molecule has 0 aliphatic heterocycles. The van der Waals surface area contributed by atoms with Crippen molar-refractivity contribution in [1.29, 1.82) is 0 Å². The number of nitrogens with one attached hydrogen (secondary N) is 1. The minimum atomic E-state index is -0.250. The number of carbonyl (C=O) groups is 1. The van der Waals surface area contributed by atoms with Gasteiger partial charge >= 0.3 is 0 Å². The highest BCUT2D eigenvalue weighted by Crippen LogP contribution is 2.24. The quantitative estimate of drug-likeness (QED) is 0.562. The highest BCUT2D eigenvalue weighted by molar-refractivity contribution is 5.32. The molecule has 0 atom stereocenters. The van der Waals surface area contributed by atoms with Crippen LogP contribution >= 0.6 is 0 Å². The molecule has 2 N–H and O–H groups in total. The van der Waals surface area contributed by atoms with Gasteiger partial charge in [0.15, 0.2) is 0 Å². The largest absolute Gasteiger partial charge is 0.483 e. The Morgan fingerprint density at radius 2 is 2.20 bits per heavy atom. The van der Waals surface area contributed by atoms with E-state index in [-0.39, 0.29) is 6.47 Å². The summed E-state index contributed by atoms with van der Waals surface area (Å²) in [6.45, 7) is 0.986. The Morgan fingerprint density at radius 1 is 1.70 bits per heavy atom. The third-order valence-corrected chi connectivity index (χ3v) is 1.72. The zero-order valence-electron chi connectivity index (χ0n) is 6.34. The van der Waals surface area contributed by atoms with Gasteiger partial charge in [-0.2, -0.15) is 0 Å². The lowest BCUT2D eigenvalue weighted by Crippen LogP contribution is -2.24. The van der Waals surface area contributed by atoms with Crippen molar-refractivity contribution >= 4 is 6.47 Å². The smallest absolute Gasteiger partial charge is 0.290 e. The van der Waals surface area contributed by atoms with Gasteiger partial charge in [-0.1, -0.05) is 6.42 Å². The van der Waals surface area contributed by atoms with Crippen molar-refractivity contribution in [3.63, 3.8) is 0 Å². The first-order chi connectivity index (χ1) is 4.85. The summed E-state index contributed by atoms with van der Waals surface area (Å²) in [5, 5.41) is 10.1. The first-order valence-electron chi connectivity index (χ1n) is 3.57. The van der Waals surface area contributed by atoms with Gasteiger partial charge in [0.1, 0.15) is 0 Å². The number of carboxylic acid groups (broad SMARTS) is 1. The van der Waals surface area contributed by atoms with Gasteiger partial charge in [-0.15, -0.1) is 0 Å². The van der Waals surface area contributed by atoms with Gasteiger partial charge in [-0.3, -0.25) is 4.79 Å². The van der Waals surface area contributed by atoms with Crippen LogP contribution in [0.25, 0.3) is 0 Å². The number of hydrogen-bond acceptors (Lipinski definition) is 2. The van der Waals surface area contributed by atoms with Crippen LogP contribution in [0.1, 0.15) is 19.3 Å². The fourth-order valence-electron chi connectivity index (χ4n) is 0.986. The second-order valence-corrected chi connectivity index (χ2v) is 2.46. The molecule has 0 unspecified atom stereocenters. The van der Waals surface area contributed by atoms with Gasteiger partial charge < -0.3 is 10.4 Å². The summed E-state index contributed by atoms with van der Waals surface area (Å²) in [5.41, 5.74) is 0. The van der Waals surface area contributed by atoms with Crippen molar-refractivity contribution in [1.82, 2.24) is 5.32 Å². The molecular formula is C7H15NO2. The average Bonchev–Trinajstić information content (AvgIpc) is 1.81. The van der Waals surface area contributed by atoms with Gasteiger partial charge in [0.2, 0.25) is 0 Å². The molecule has 10 heavy (non-hydrogen) atoms. The lowest BCUT2D eigenvalue weighted by Gasteiger charge is -2.24. The molecule has 0 heterocycles. The molecular weight excluding hydrogens is 130 g/mol. The molecule has 3 nitrogen and oxygen atoms in total. The highest BCUT2D eigenvalue weighted by Gasteiger charge is 2.14. The molecule has 1 rings (SSSR count). The zero-order valence-corrected chi connectivity index (χ0v) is 6.34. The fraction of sp³-hybridized carbons (Fsp3) is 0.857. The van der Waals surface area contributed by atoms with E-state index in [0.717, 1.165) is 5.92 Å². The molecule has 1 aliphatic rings. The predicted molar refractivity (Wildman–Crippen MR) is 40.0 cm³/mol. The molecule has 1 aliphatic carbocycles. The third kappa shape index (κ3) is 4.32. The van der Waals surface area contributed by atoms with E-state index in [4.69, 9.17) is 9.90 Å². The highest BCUT2D eigenvalue weighted by atomic mass is 16.3. The molecule has 0 aromatic heterocycles. The first-order valence-corrected chi connectivity index (χ1v) is 3.57. The predicted octanol–water partition coefficient (Wildman–Crippen LogP) is 0.707. The van der Waals surface area contributed by atoms with Crippen LogP contribution in [0, 0.1) is 5.92 Å². The summed E-state index contributed by atoms with van der Waals surface area (Å²) in [6.07, 6.45) is 4.38. The van der Waals surface area contributed by atoms with Gasteiger partial charge in [0.05, 0.1) is 0 Å². The summed E-state index contributed by atoms with van der Waals surface area (Å²) in [5.74, 6) is 1.02. The molecule has 0 bridgehead atoms. The summed E-state index contributed by atoms with van der Waals surface area (Å²) in [6, 6.07) is 0. The van der Waals surface area contributed by atoms with E-state index in [9.17, 15) is 0 Å². The SMILES string of the molecule is CNCC1CCC1.O=CO. The van der Waals surface area contributed by atoms with E-state index >= 15 is 0 Å². The molecule has 0 aromatic rings. The summed E-state index contributed by atoms with van der Waals surface area (Å²) < 4.78 is 0. The third-order valence-electron chi connectivity index (χ3n) is 1.72. The maximum atomic E-state index is 8.36. The summed E-state index contributed by atoms with van der Waals surface area (Å²) in [7, 11) is 2.03. The molecule has 0 spiro atoms. The Labute approximate surface area is 61.4 Å². The van der Waals surface area contributed by atoms with Gasteiger partial charge in [-0.05, 0) is 32.4 Å². The van der Waals surface area contributed by atoms with E-state index in [1.165, 1.54) is 25.8 Å². The monoisotopic (exact) mass is 145 g/mol. The summed E-state index contributed by atoms with van der Waals surface area (Å²) >= 11 is 0. The zero-order chi connectivity index (χ0) is 7.82. The van der Waals surface area contributed by atoms with Crippen LogP contribution in [0.5, 0.6) is 0 Å². The maximum Gasteiger partial charge on any atom is 0.290 e. The second-order valence-electron chi connectivity index (χ2n) is 2.46. The van der Waals surface area contributed by atoms with Crippen LogP contribution in [0.2, 0.25) is 0 Å². The Balaban J connectivity index is 0.000000236. The topological polar surface area (TPSA) is 49.3 Å². The van der Waals surface area contributed by atoms with Gasteiger partial charge in [-0.25, -0.2) is 0 Å². The molecule has 0 aromatic carbocycles. The molecule has 0 saturated heterocycles. The van der Waals surface area contributed by atoms with E-state index in [1.54, 1.807) is 0 Å². The van der Waals surface area contributed by atoms with Crippen LogP contribution in [-0.4, -0.2) is 25.2 Å². The molecule has 0 amide bonds. The van der Waals surface area contributed by atoms with E-state index in [1.807, 2.05) is 7.05 Å². The van der Waals surface area contributed by atoms with Crippen LogP contribution in [0.4, 0.5) is 0 Å². The minimum Gasteiger partial charge on any atom is -0.483 e. The molecule has 1 saturated carbocycles. The van der Waals surface area contributed by atoms with E-state index in [2.05, 4.69) is 5.32 Å². The Hall–Kier alpha value is -0.570. The van der Waals surface area contributed by atoms with Crippen LogP contribution in [-0.2, 0) is 4.79 Å². The van der Waals surface area contributed by atoms with Crippen molar-refractivity contribution in [2.45, 2.75) is 19.3 Å². The van der Waals surface area contributed by atoms with Crippen molar-refractivity contribution in [2.24, 2.45) is 5.92 Å². The fourth-order valence-corrected chi connectivity index (χ4v) is 0.986. The molecule has 0 radical (unpaired) electrons. The van der Waals surface area contributed by atoms with E-state index in [0.29, 0.717) is 0 Å². The van der Waals surface area contributed by atoms with Crippen LogP contribution in [0.15, 0.2) is 0 Å². The molecule has 1 fully saturated rings. The summed E-state index contributed by atoms with van der Waals surface area (Å²) in [4.78, 5) is 8.36. The molecule has 3 heteroatoms. The van der Waals surface area contributed by atoms with Crippen molar-refractivity contribution in [2.75, 3.05) is 13.6 Å². The van der Waals surface area contributed by atoms with Gasteiger partial charge in [0, 0.05) is 0 Å². The number of hydrogen-bond donors (Lipinski definition) is 2. The number of rotatable bonds is 2. The Morgan fingerprint density at radius 3 is 2.30 bits per heavy atom. The first kappa shape index (κ1) is 9.43. The second kappa shape index (κ2) is 6.55. The Bertz CT molecular complexity index is 81.7. The van der Waals surface area contributed by atoms with Crippen molar-refractivity contribution < 1.29 is 9.90 Å². The van der Waals surface area contributed by atoms with Crippen LogP contribution in [0.3, 0.4) is 0 Å². The van der Waals surface area contributed by atoms with Crippen LogP contribution < -0.4 is 5.32 Å². The van der Waals surface area contributed by atoms with Gasteiger partial charge in [0.25, 0.3) is 6.47 Å². The van der Waals surface area contributed by atoms with E-state index < -0.39 is 0 Å². The lowest BCUT2D eigenvalue weighted by atomic mass is 9.86. The Kier molecular flexibility index (Phi) is 6.18. The lowest BCUT2D eigenvalue weighted by molar-refractivity contribution is -0.122.